The SMILES string of the molecule is CCC(=Cc1cccc2nscc12)C(=O)O. The van der Waals surface area contributed by atoms with E-state index in [2.05, 4.69) is 4.37 Å². The molecule has 0 saturated heterocycles. The van der Waals surface area contributed by atoms with Crippen LogP contribution >= 0.6 is 11.5 Å². The summed E-state index contributed by atoms with van der Waals surface area (Å²) in [5.74, 6) is -0.859. The lowest BCUT2D eigenvalue weighted by atomic mass is 10.1. The standard InChI is InChI=1S/C12H11NO2S/c1-2-8(12(14)15)6-9-4-3-5-11-10(9)7-16-13-11/h3-7H,2H2,1H3,(H,14,15). The monoisotopic (exact) mass is 233 g/mol. The van der Waals surface area contributed by atoms with Crippen LogP contribution in [0.4, 0.5) is 0 Å². The van der Waals surface area contributed by atoms with Crippen molar-refractivity contribution >= 4 is 34.5 Å². The molecule has 0 aliphatic rings. The van der Waals surface area contributed by atoms with Gasteiger partial charge in [0.25, 0.3) is 0 Å². The number of rotatable bonds is 3. The number of hydrogen-bond donors (Lipinski definition) is 1. The van der Waals surface area contributed by atoms with Crippen molar-refractivity contribution in [2.24, 2.45) is 0 Å². The van der Waals surface area contributed by atoms with Crippen LogP contribution in [-0.2, 0) is 4.79 Å². The van der Waals surface area contributed by atoms with Gasteiger partial charge in [-0.3, -0.25) is 0 Å². The highest BCUT2D eigenvalue weighted by Gasteiger charge is 2.06. The Balaban J connectivity index is 2.55. The topological polar surface area (TPSA) is 50.2 Å². The third-order valence-corrected chi connectivity index (χ3v) is 3.07. The number of carboxylic acid groups (broad SMARTS) is 1. The first-order valence-electron chi connectivity index (χ1n) is 4.99. The van der Waals surface area contributed by atoms with Crippen LogP contribution in [0.3, 0.4) is 0 Å². The van der Waals surface area contributed by atoms with Gasteiger partial charge >= 0.3 is 5.97 Å². The first-order chi connectivity index (χ1) is 7.72. The Labute approximate surface area is 97.2 Å². The molecule has 0 saturated carbocycles. The van der Waals surface area contributed by atoms with Crippen LogP contribution < -0.4 is 0 Å². The number of carbonyl (C=O) groups is 1. The summed E-state index contributed by atoms with van der Waals surface area (Å²) in [5, 5.41) is 11.9. The van der Waals surface area contributed by atoms with Crippen molar-refractivity contribution in [3.63, 3.8) is 0 Å². The molecule has 0 aliphatic carbocycles. The molecule has 0 bridgehead atoms. The highest BCUT2D eigenvalue weighted by molar-refractivity contribution is 7.04. The molecule has 0 spiro atoms. The van der Waals surface area contributed by atoms with Gasteiger partial charge in [-0.15, -0.1) is 0 Å². The minimum atomic E-state index is -0.859. The number of fused-ring (bicyclic) bond motifs is 1. The predicted molar refractivity (Wildman–Crippen MR) is 65.5 cm³/mol. The summed E-state index contributed by atoms with van der Waals surface area (Å²) in [6.45, 7) is 1.84. The van der Waals surface area contributed by atoms with E-state index < -0.39 is 5.97 Å². The summed E-state index contributed by atoms with van der Waals surface area (Å²) in [6.07, 6.45) is 2.24. The van der Waals surface area contributed by atoms with E-state index in [4.69, 9.17) is 5.11 Å². The fourth-order valence-electron chi connectivity index (χ4n) is 1.54. The van der Waals surface area contributed by atoms with E-state index in [0.717, 1.165) is 16.5 Å². The summed E-state index contributed by atoms with van der Waals surface area (Å²) in [5.41, 5.74) is 2.25. The van der Waals surface area contributed by atoms with Gasteiger partial charge < -0.3 is 5.11 Å². The maximum atomic E-state index is 10.9. The molecule has 3 nitrogen and oxygen atoms in total. The van der Waals surface area contributed by atoms with E-state index in [1.54, 1.807) is 6.08 Å². The summed E-state index contributed by atoms with van der Waals surface area (Å²) >= 11 is 1.38. The van der Waals surface area contributed by atoms with Crippen LogP contribution in [0, 0.1) is 0 Å². The van der Waals surface area contributed by atoms with Gasteiger partial charge in [-0.25, -0.2) is 4.79 Å². The highest BCUT2D eigenvalue weighted by atomic mass is 32.1. The largest absolute Gasteiger partial charge is 0.478 e. The molecular weight excluding hydrogens is 222 g/mol. The van der Waals surface area contributed by atoms with E-state index in [1.807, 2.05) is 30.5 Å². The lowest BCUT2D eigenvalue weighted by Gasteiger charge is -1.99. The lowest BCUT2D eigenvalue weighted by Crippen LogP contribution is -1.98. The van der Waals surface area contributed by atoms with Gasteiger partial charge in [-0.1, -0.05) is 19.1 Å². The van der Waals surface area contributed by atoms with Gasteiger partial charge in [-0.2, -0.15) is 4.37 Å². The Bertz CT molecular complexity index is 557. The molecule has 82 valence electrons. The number of aromatic nitrogens is 1. The minimum Gasteiger partial charge on any atom is -0.478 e. The third kappa shape index (κ3) is 1.97. The fraction of sp³-hybridized carbons (Fsp3) is 0.167. The Kier molecular flexibility index (Phi) is 3.01. The van der Waals surface area contributed by atoms with E-state index >= 15 is 0 Å². The van der Waals surface area contributed by atoms with Crippen LogP contribution in [0.25, 0.3) is 17.0 Å². The van der Waals surface area contributed by atoms with Gasteiger partial charge in [0.05, 0.1) is 5.52 Å². The second kappa shape index (κ2) is 4.45. The maximum Gasteiger partial charge on any atom is 0.331 e. The van der Waals surface area contributed by atoms with E-state index in [0.29, 0.717) is 12.0 Å². The summed E-state index contributed by atoms with van der Waals surface area (Å²) in [7, 11) is 0. The van der Waals surface area contributed by atoms with Gasteiger partial charge in [0.15, 0.2) is 0 Å². The van der Waals surface area contributed by atoms with Crippen molar-refractivity contribution in [2.75, 3.05) is 0 Å². The molecule has 1 heterocycles. The van der Waals surface area contributed by atoms with Gasteiger partial charge in [-0.05, 0) is 35.7 Å². The Morgan fingerprint density at radius 2 is 2.38 bits per heavy atom. The molecule has 0 fully saturated rings. The minimum absolute atomic E-state index is 0.415. The number of benzene rings is 1. The molecule has 4 heteroatoms. The average Bonchev–Trinajstić information content (AvgIpc) is 2.73. The average molecular weight is 233 g/mol. The predicted octanol–water partition coefficient (Wildman–Crippen LogP) is 3.17. The number of aliphatic carboxylic acids is 1. The summed E-state index contributed by atoms with van der Waals surface area (Å²) in [4.78, 5) is 10.9. The number of nitrogens with zero attached hydrogens (tertiary/aromatic N) is 1. The number of carboxylic acids is 1. The van der Waals surface area contributed by atoms with Crippen molar-refractivity contribution in [1.29, 1.82) is 0 Å². The molecule has 0 aliphatic heterocycles. The van der Waals surface area contributed by atoms with Crippen LogP contribution in [0.5, 0.6) is 0 Å². The molecule has 0 radical (unpaired) electrons. The second-order valence-electron chi connectivity index (χ2n) is 3.42. The molecule has 2 aromatic rings. The van der Waals surface area contributed by atoms with Crippen LogP contribution in [0.15, 0.2) is 29.2 Å². The molecule has 0 amide bonds. The lowest BCUT2D eigenvalue weighted by molar-refractivity contribution is -0.132. The molecule has 0 unspecified atom stereocenters. The molecule has 1 N–H and O–H groups in total. The van der Waals surface area contributed by atoms with Crippen molar-refractivity contribution < 1.29 is 9.90 Å². The molecule has 16 heavy (non-hydrogen) atoms. The van der Waals surface area contributed by atoms with Crippen LogP contribution in [-0.4, -0.2) is 15.4 Å². The molecule has 0 atom stereocenters. The Morgan fingerprint density at radius 3 is 3.06 bits per heavy atom. The smallest absolute Gasteiger partial charge is 0.331 e. The first-order valence-corrected chi connectivity index (χ1v) is 5.83. The van der Waals surface area contributed by atoms with Crippen LogP contribution in [0.2, 0.25) is 0 Å². The molecule has 1 aromatic heterocycles. The van der Waals surface area contributed by atoms with Crippen molar-refractivity contribution in [2.45, 2.75) is 13.3 Å². The maximum absolute atomic E-state index is 10.9. The van der Waals surface area contributed by atoms with Gasteiger partial charge in [0, 0.05) is 16.3 Å². The molecular formula is C12H11NO2S. The van der Waals surface area contributed by atoms with Gasteiger partial charge in [0.1, 0.15) is 0 Å². The number of hydrogen-bond acceptors (Lipinski definition) is 3. The first kappa shape index (κ1) is 10.8. The Hall–Kier alpha value is -1.68. The van der Waals surface area contributed by atoms with Crippen molar-refractivity contribution in [3.8, 4) is 0 Å². The van der Waals surface area contributed by atoms with Crippen molar-refractivity contribution in [1.82, 2.24) is 4.37 Å². The molecule has 1 aromatic carbocycles. The third-order valence-electron chi connectivity index (χ3n) is 2.42. The van der Waals surface area contributed by atoms with Crippen LogP contribution in [0.1, 0.15) is 18.9 Å². The van der Waals surface area contributed by atoms with Gasteiger partial charge in [0.2, 0.25) is 0 Å². The van der Waals surface area contributed by atoms with Crippen molar-refractivity contribution in [3.05, 3.63) is 34.7 Å². The molecule has 2 rings (SSSR count). The summed E-state index contributed by atoms with van der Waals surface area (Å²) in [6, 6.07) is 5.73. The van der Waals surface area contributed by atoms with E-state index in [1.165, 1.54) is 11.5 Å². The zero-order chi connectivity index (χ0) is 11.5. The Morgan fingerprint density at radius 1 is 1.56 bits per heavy atom. The quantitative estimate of drug-likeness (QED) is 0.828. The zero-order valence-electron chi connectivity index (χ0n) is 8.80. The van der Waals surface area contributed by atoms with E-state index in [-0.39, 0.29) is 0 Å². The second-order valence-corrected chi connectivity index (χ2v) is 4.05. The zero-order valence-corrected chi connectivity index (χ0v) is 9.62. The summed E-state index contributed by atoms with van der Waals surface area (Å²) < 4.78 is 4.22. The normalized spacial score (nSPS) is 11.9. The fourth-order valence-corrected chi connectivity index (χ4v) is 2.23. The van der Waals surface area contributed by atoms with E-state index in [9.17, 15) is 4.79 Å². The highest BCUT2D eigenvalue weighted by Crippen LogP contribution is 2.22.